The molecule has 0 aromatic heterocycles. The van der Waals surface area contributed by atoms with Gasteiger partial charge in [0, 0.05) is 49.0 Å². The number of carbonyl (C=O) groups excluding carboxylic acids is 1. The molecule has 1 unspecified atom stereocenters. The molecule has 0 aliphatic carbocycles. The zero-order valence-electron chi connectivity index (χ0n) is 16.4. The number of aliphatic hydroxyl groups excluding tert-OH is 1. The predicted molar refractivity (Wildman–Crippen MR) is 102 cm³/mol. The summed E-state index contributed by atoms with van der Waals surface area (Å²) < 4.78 is 0. The van der Waals surface area contributed by atoms with Crippen molar-refractivity contribution in [2.75, 3.05) is 6.61 Å². The van der Waals surface area contributed by atoms with Crippen LogP contribution in [0.5, 0.6) is 0 Å². The standard InChI is InChI=1S/C14H28O2.C4H7NO4.Na/c1-2-3-4-5-6-7-8-9-10-11-14(16)12-13-15;5-2(4(8)9)1-3(6)7;/h15H,2-13H2,1H3;2H,1,5H2,(H,6,7)(H,8,9);. The summed E-state index contributed by atoms with van der Waals surface area (Å²) in [4.78, 5) is 30.7. The van der Waals surface area contributed by atoms with Crippen LogP contribution < -0.4 is 5.73 Å². The zero-order valence-corrected chi connectivity index (χ0v) is 18.4. The normalized spacial score (nSPS) is 10.9. The van der Waals surface area contributed by atoms with Crippen LogP contribution in [0.15, 0.2) is 0 Å². The summed E-state index contributed by atoms with van der Waals surface area (Å²) in [7, 11) is 0. The number of Topliss-reactive ketones (excluding diaryl/α,β-unsaturated/α-hetero) is 1. The first-order chi connectivity index (χ1) is 11.8. The van der Waals surface area contributed by atoms with Crippen molar-refractivity contribution in [3.8, 4) is 0 Å². The van der Waals surface area contributed by atoms with Gasteiger partial charge in [0.05, 0.1) is 6.42 Å². The Balaban J connectivity index is -0.000000453. The minimum Gasteiger partial charge on any atom is -0.481 e. The number of aliphatic carboxylic acids is 2. The molecule has 0 amide bonds. The van der Waals surface area contributed by atoms with E-state index in [-0.39, 0.29) is 41.9 Å². The molecular formula is C18H35NNaO6. The summed E-state index contributed by atoms with van der Waals surface area (Å²) in [6.07, 6.45) is 12.0. The Morgan fingerprint density at radius 2 is 1.31 bits per heavy atom. The fraction of sp³-hybridized carbons (Fsp3) is 0.833. The van der Waals surface area contributed by atoms with E-state index in [0.717, 1.165) is 6.42 Å². The molecule has 0 aliphatic heterocycles. The Bertz CT molecular complexity index is 366. The van der Waals surface area contributed by atoms with Gasteiger partial charge in [-0.2, -0.15) is 0 Å². The average molecular weight is 384 g/mol. The van der Waals surface area contributed by atoms with Crippen molar-refractivity contribution in [2.45, 2.75) is 90.0 Å². The van der Waals surface area contributed by atoms with E-state index >= 15 is 0 Å². The molecule has 0 aromatic carbocycles. The van der Waals surface area contributed by atoms with Crippen molar-refractivity contribution in [2.24, 2.45) is 5.73 Å². The van der Waals surface area contributed by atoms with Gasteiger partial charge in [0.15, 0.2) is 0 Å². The number of carboxylic acids is 2. The molecule has 7 nitrogen and oxygen atoms in total. The molecule has 0 bridgehead atoms. The molecule has 5 N–H and O–H groups in total. The number of aliphatic hydroxyl groups is 1. The summed E-state index contributed by atoms with van der Waals surface area (Å²) in [5.74, 6) is -2.28. The molecule has 0 aliphatic rings. The van der Waals surface area contributed by atoms with Crippen LogP contribution in [0.4, 0.5) is 0 Å². The number of ketones is 1. The Hall–Kier alpha value is -0.470. The van der Waals surface area contributed by atoms with E-state index in [1.807, 2.05) is 0 Å². The number of carboxylic acid groups (broad SMARTS) is 2. The van der Waals surface area contributed by atoms with Gasteiger partial charge in [0.25, 0.3) is 0 Å². The molecule has 0 fully saturated rings. The fourth-order valence-electron chi connectivity index (χ4n) is 2.16. The van der Waals surface area contributed by atoms with Crippen LogP contribution in [-0.4, -0.2) is 75.2 Å². The van der Waals surface area contributed by atoms with Gasteiger partial charge >= 0.3 is 11.9 Å². The maximum Gasteiger partial charge on any atom is 0.321 e. The molecule has 0 spiro atoms. The predicted octanol–water partition coefficient (Wildman–Crippen LogP) is 2.35. The Kier molecular flexibility index (Phi) is 26.3. The van der Waals surface area contributed by atoms with Crippen molar-refractivity contribution in [3.63, 3.8) is 0 Å². The second-order valence-corrected chi connectivity index (χ2v) is 6.13. The first-order valence-electron chi connectivity index (χ1n) is 9.17. The number of hydrogen-bond acceptors (Lipinski definition) is 5. The third-order valence-electron chi connectivity index (χ3n) is 3.66. The first-order valence-corrected chi connectivity index (χ1v) is 9.17. The second-order valence-electron chi connectivity index (χ2n) is 6.13. The van der Waals surface area contributed by atoms with Gasteiger partial charge in [-0.05, 0) is 6.42 Å². The van der Waals surface area contributed by atoms with Crippen molar-refractivity contribution in [1.29, 1.82) is 0 Å². The van der Waals surface area contributed by atoms with Crippen molar-refractivity contribution in [1.82, 2.24) is 0 Å². The SMILES string of the molecule is CCCCCCCCCCCC(=O)CCO.NC(CC(=O)O)C(=O)O.[Na]. The zero-order chi connectivity index (χ0) is 19.5. The van der Waals surface area contributed by atoms with Gasteiger partial charge in [-0.25, -0.2) is 0 Å². The average Bonchev–Trinajstić information content (AvgIpc) is 2.53. The van der Waals surface area contributed by atoms with E-state index in [2.05, 4.69) is 6.92 Å². The Morgan fingerprint density at radius 1 is 0.846 bits per heavy atom. The van der Waals surface area contributed by atoms with E-state index in [4.69, 9.17) is 21.1 Å². The van der Waals surface area contributed by atoms with E-state index < -0.39 is 24.4 Å². The van der Waals surface area contributed by atoms with Gasteiger partial charge in [0.1, 0.15) is 11.8 Å². The molecule has 8 heteroatoms. The van der Waals surface area contributed by atoms with Gasteiger partial charge in [-0.1, -0.05) is 58.3 Å². The van der Waals surface area contributed by atoms with Crippen LogP contribution >= 0.6 is 0 Å². The second kappa shape index (κ2) is 22.6. The molecule has 1 atom stereocenters. The van der Waals surface area contributed by atoms with Crippen LogP contribution in [0.1, 0.15) is 84.0 Å². The van der Waals surface area contributed by atoms with E-state index in [9.17, 15) is 14.4 Å². The van der Waals surface area contributed by atoms with Crippen LogP contribution in [0.25, 0.3) is 0 Å². The van der Waals surface area contributed by atoms with Crippen LogP contribution in [0.2, 0.25) is 0 Å². The number of hydrogen-bond donors (Lipinski definition) is 4. The fourth-order valence-corrected chi connectivity index (χ4v) is 2.16. The van der Waals surface area contributed by atoms with Crippen molar-refractivity contribution < 1.29 is 29.7 Å². The molecule has 149 valence electrons. The maximum absolute atomic E-state index is 11.1. The molecule has 0 saturated carbocycles. The summed E-state index contributed by atoms with van der Waals surface area (Å²) in [5, 5.41) is 24.6. The third-order valence-corrected chi connectivity index (χ3v) is 3.66. The molecule has 26 heavy (non-hydrogen) atoms. The maximum atomic E-state index is 11.1. The number of unbranched alkanes of at least 4 members (excludes halogenated alkanes) is 8. The third kappa shape index (κ3) is 25.8. The Morgan fingerprint density at radius 3 is 1.65 bits per heavy atom. The minimum absolute atomic E-state index is 0. The number of carbonyl (C=O) groups is 3. The van der Waals surface area contributed by atoms with Crippen molar-refractivity contribution >= 4 is 47.3 Å². The number of rotatable bonds is 15. The Labute approximate surface area is 179 Å². The van der Waals surface area contributed by atoms with Crippen molar-refractivity contribution in [3.05, 3.63) is 0 Å². The quantitative estimate of drug-likeness (QED) is 0.251. The summed E-state index contributed by atoms with van der Waals surface area (Å²) in [6.45, 7) is 2.25. The van der Waals surface area contributed by atoms with Gasteiger partial charge < -0.3 is 21.1 Å². The van der Waals surface area contributed by atoms with Crippen LogP contribution in [0, 0.1) is 0 Å². The van der Waals surface area contributed by atoms with Gasteiger partial charge in [-0.15, -0.1) is 0 Å². The summed E-state index contributed by atoms with van der Waals surface area (Å²) in [5.41, 5.74) is 4.84. The smallest absolute Gasteiger partial charge is 0.321 e. The van der Waals surface area contributed by atoms with Gasteiger partial charge in [-0.3, -0.25) is 14.4 Å². The molecule has 0 heterocycles. The van der Waals surface area contributed by atoms with Crippen LogP contribution in [-0.2, 0) is 14.4 Å². The van der Waals surface area contributed by atoms with E-state index in [0.29, 0.717) is 12.8 Å². The topological polar surface area (TPSA) is 138 Å². The number of nitrogens with two attached hydrogens (primary N) is 1. The molecular weight excluding hydrogens is 349 g/mol. The molecule has 0 saturated heterocycles. The van der Waals surface area contributed by atoms with Gasteiger partial charge in [0.2, 0.25) is 0 Å². The molecule has 0 rings (SSSR count). The summed E-state index contributed by atoms with van der Waals surface area (Å²) in [6, 6.07) is -1.29. The summed E-state index contributed by atoms with van der Waals surface area (Å²) >= 11 is 0. The largest absolute Gasteiger partial charge is 0.481 e. The molecule has 1 radical (unpaired) electrons. The molecule has 0 aromatic rings. The first kappa shape index (κ1) is 30.3. The monoisotopic (exact) mass is 384 g/mol. The van der Waals surface area contributed by atoms with Crippen LogP contribution in [0.3, 0.4) is 0 Å². The van der Waals surface area contributed by atoms with E-state index in [1.165, 1.54) is 51.4 Å². The minimum atomic E-state index is -1.29. The van der Waals surface area contributed by atoms with E-state index in [1.54, 1.807) is 0 Å².